The minimum atomic E-state index is -1.25. The fourth-order valence-electron chi connectivity index (χ4n) is 3.90. The fourth-order valence-corrected chi connectivity index (χ4v) is 3.90. The normalized spacial score (nSPS) is 14.4. The molecule has 2 aromatic rings. The molecule has 1 aliphatic rings. The Hall–Kier alpha value is -3.43. The molecular weight excluding hydrogens is 452 g/mol. The average molecular weight is 485 g/mol. The highest BCUT2D eigenvalue weighted by Gasteiger charge is 2.29. The third-order valence-corrected chi connectivity index (χ3v) is 5.56. The second-order valence-electron chi connectivity index (χ2n) is 9.45. The molecule has 9 nitrogen and oxygen atoms in total. The Kier molecular flexibility index (Phi) is 8.48. The molecule has 2 atom stereocenters. The second kappa shape index (κ2) is 11.3. The van der Waals surface area contributed by atoms with E-state index in [1.165, 1.54) is 0 Å². The van der Waals surface area contributed by atoms with Gasteiger partial charge < -0.3 is 30.3 Å². The molecule has 0 radical (unpaired) electrons. The molecule has 3 rings (SSSR count). The zero-order chi connectivity index (χ0) is 25.6. The maximum absolute atomic E-state index is 12.2. The molecule has 0 saturated carbocycles. The van der Waals surface area contributed by atoms with Crippen LogP contribution in [0.25, 0.3) is 11.1 Å². The summed E-state index contributed by atoms with van der Waals surface area (Å²) >= 11 is 0. The highest BCUT2D eigenvalue weighted by Crippen LogP contribution is 2.44. The van der Waals surface area contributed by atoms with Gasteiger partial charge in [-0.05, 0) is 43.0 Å². The Bertz CT molecular complexity index is 1020. The van der Waals surface area contributed by atoms with Crippen molar-refractivity contribution in [3.8, 4) is 11.1 Å². The second-order valence-corrected chi connectivity index (χ2v) is 9.45. The Morgan fingerprint density at radius 1 is 1.00 bits per heavy atom. The first kappa shape index (κ1) is 26.2. The van der Waals surface area contributed by atoms with Gasteiger partial charge in [0.25, 0.3) is 0 Å². The summed E-state index contributed by atoms with van der Waals surface area (Å²) in [5.41, 5.74) is 3.84. The topological polar surface area (TPSA) is 134 Å². The molecule has 0 spiro atoms. The number of hydrogen-bond donors (Lipinski definition) is 4. The van der Waals surface area contributed by atoms with E-state index in [1.807, 2.05) is 48.5 Å². The van der Waals surface area contributed by atoms with Gasteiger partial charge in [-0.3, -0.25) is 4.79 Å². The van der Waals surface area contributed by atoms with Crippen LogP contribution in [0.2, 0.25) is 0 Å². The van der Waals surface area contributed by atoms with Crippen LogP contribution in [0.5, 0.6) is 0 Å². The molecule has 35 heavy (non-hydrogen) atoms. The quantitative estimate of drug-likeness (QED) is 0.407. The minimum absolute atomic E-state index is 0.0906. The zero-order valence-electron chi connectivity index (χ0n) is 20.1. The lowest BCUT2D eigenvalue weighted by Gasteiger charge is -2.23. The number of nitrogens with one attached hydrogen (secondary N) is 2. The number of ether oxygens (including phenoxy) is 2. The van der Waals surface area contributed by atoms with Crippen molar-refractivity contribution in [3.05, 3.63) is 59.7 Å². The van der Waals surface area contributed by atoms with Crippen molar-refractivity contribution in [1.82, 2.24) is 10.6 Å². The smallest absolute Gasteiger partial charge is 0.407 e. The summed E-state index contributed by atoms with van der Waals surface area (Å²) in [6.07, 6.45) is -2.31. The van der Waals surface area contributed by atoms with Crippen molar-refractivity contribution >= 4 is 18.0 Å². The van der Waals surface area contributed by atoms with E-state index in [1.54, 1.807) is 20.8 Å². The molecule has 2 aromatic carbocycles. The van der Waals surface area contributed by atoms with E-state index >= 15 is 0 Å². The zero-order valence-corrected chi connectivity index (χ0v) is 20.1. The fraction of sp³-hybridized carbons (Fsp3) is 0.423. The van der Waals surface area contributed by atoms with E-state index in [-0.39, 0.29) is 32.1 Å². The maximum Gasteiger partial charge on any atom is 0.407 e. The predicted octanol–water partition coefficient (Wildman–Crippen LogP) is 2.66. The highest BCUT2D eigenvalue weighted by molar-refractivity contribution is 5.84. The molecule has 0 heterocycles. The van der Waals surface area contributed by atoms with Crippen molar-refractivity contribution in [1.29, 1.82) is 0 Å². The van der Waals surface area contributed by atoms with E-state index in [4.69, 9.17) is 9.47 Å². The van der Waals surface area contributed by atoms with Crippen molar-refractivity contribution in [2.75, 3.05) is 19.8 Å². The van der Waals surface area contributed by atoms with Crippen molar-refractivity contribution < 1.29 is 34.1 Å². The summed E-state index contributed by atoms with van der Waals surface area (Å²) in [5.74, 6) is -2.00. The molecule has 9 heteroatoms. The van der Waals surface area contributed by atoms with Gasteiger partial charge in [-0.25, -0.2) is 9.59 Å². The molecule has 0 bridgehead atoms. The lowest BCUT2D eigenvalue weighted by molar-refractivity contribution is -0.145. The number of alkyl carbamates (subject to hydrolysis) is 1. The number of amides is 2. The van der Waals surface area contributed by atoms with Gasteiger partial charge in [-0.2, -0.15) is 0 Å². The van der Waals surface area contributed by atoms with Gasteiger partial charge in [0.15, 0.2) is 6.04 Å². The highest BCUT2D eigenvalue weighted by atomic mass is 16.5. The van der Waals surface area contributed by atoms with Crippen LogP contribution in [0.15, 0.2) is 48.5 Å². The van der Waals surface area contributed by atoms with E-state index in [2.05, 4.69) is 10.6 Å². The van der Waals surface area contributed by atoms with E-state index in [0.29, 0.717) is 0 Å². The van der Waals surface area contributed by atoms with E-state index in [9.17, 15) is 24.6 Å². The molecule has 0 aromatic heterocycles. The molecule has 0 aliphatic heterocycles. The largest absolute Gasteiger partial charge is 0.480 e. The number of hydrogen-bond acceptors (Lipinski definition) is 6. The predicted molar refractivity (Wildman–Crippen MR) is 129 cm³/mol. The molecule has 1 aliphatic carbocycles. The van der Waals surface area contributed by atoms with E-state index < -0.39 is 35.7 Å². The number of aliphatic hydroxyl groups excluding tert-OH is 1. The monoisotopic (exact) mass is 484 g/mol. The molecule has 0 fully saturated rings. The SMILES string of the molecule is CC(C)(C)OC[C@H](NC(=O)CC(O)CNC(=O)OCC1c2ccccc2-c2ccccc21)C(=O)O. The molecule has 2 amide bonds. The number of aliphatic hydroxyl groups is 1. The van der Waals surface area contributed by atoms with Crippen molar-refractivity contribution in [2.45, 2.75) is 50.9 Å². The number of rotatable bonds is 10. The van der Waals surface area contributed by atoms with Crippen molar-refractivity contribution in [2.24, 2.45) is 0 Å². The molecule has 4 N–H and O–H groups in total. The number of carboxylic acid groups (broad SMARTS) is 1. The molecule has 0 saturated heterocycles. The number of aliphatic carboxylic acids is 1. The van der Waals surface area contributed by atoms with Crippen LogP contribution in [0, 0.1) is 0 Å². The summed E-state index contributed by atoms with van der Waals surface area (Å²) in [4.78, 5) is 35.7. The summed E-state index contributed by atoms with van der Waals surface area (Å²) in [5, 5.41) is 24.1. The van der Waals surface area contributed by atoms with Gasteiger partial charge in [0.1, 0.15) is 6.61 Å². The van der Waals surface area contributed by atoms with Gasteiger partial charge in [0.2, 0.25) is 5.91 Å². The molecule has 1 unspecified atom stereocenters. The lowest BCUT2D eigenvalue weighted by Crippen LogP contribution is -2.47. The van der Waals surface area contributed by atoms with Crippen molar-refractivity contribution in [3.63, 3.8) is 0 Å². The van der Waals surface area contributed by atoms with Gasteiger partial charge >= 0.3 is 12.1 Å². The number of benzene rings is 2. The summed E-state index contributed by atoms with van der Waals surface area (Å²) < 4.78 is 10.8. The Labute approximate surface area is 204 Å². The van der Waals surface area contributed by atoms with Gasteiger partial charge in [0, 0.05) is 12.5 Å². The first-order valence-electron chi connectivity index (χ1n) is 11.5. The van der Waals surface area contributed by atoms with Crippen LogP contribution in [-0.2, 0) is 19.1 Å². The maximum atomic E-state index is 12.2. The Morgan fingerprint density at radius 2 is 1.57 bits per heavy atom. The minimum Gasteiger partial charge on any atom is -0.480 e. The van der Waals surface area contributed by atoms with Gasteiger partial charge in [-0.1, -0.05) is 48.5 Å². The van der Waals surface area contributed by atoms with E-state index in [0.717, 1.165) is 22.3 Å². The number of carbonyl (C=O) groups is 3. The van der Waals surface area contributed by atoms with Crippen LogP contribution in [-0.4, -0.2) is 65.7 Å². The van der Waals surface area contributed by atoms with Gasteiger partial charge in [-0.15, -0.1) is 0 Å². The molecule has 188 valence electrons. The summed E-state index contributed by atoms with van der Waals surface area (Å²) in [7, 11) is 0. The van der Waals surface area contributed by atoms with Crippen LogP contribution >= 0.6 is 0 Å². The third kappa shape index (κ3) is 7.27. The van der Waals surface area contributed by atoms with Crippen LogP contribution in [0.3, 0.4) is 0 Å². The number of fused-ring (bicyclic) bond motifs is 3. The standard InChI is InChI=1S/C26H32N2O7/c1-26(2,3)35-15-22(24(31)32)28-23(30)12-16(29)13-27-25(33)34-14-21-19-10-6-4-8-17(19)18-9-5-7-11-20(18)21/h4-11,16,21-22,29H,12-15H2,1-3H3,(H,27,33)(H,28,30)(H,31,32)/t16?,22-/m0/s1. The summed E-state index contributed by atoms with van der Waals surface area (Å²) in [6, 6.07) is 14.7. The van der Waals surface area contributed by atoms with Crippen LogP contribution in [0.4, 0.5) is 4.79 Å². The number of carbonyl (C=O) groups excluding carboxylic acids is 2. The van der Waals surface area contributed by atoms with Gasteiger partial charge in [0.05, 0.1) is 24.7 Å². The lowest BCUT2D eigenvalue weighted by atomic mass is 9.98. The van der Waals surface area contributed by atoms with Crippen LogP contribution < -0.4 is 10.6 Å². The molecular formula is C26H32N2O7. The Balaban J connectivity index is 1.44. The number of carboxylic acids is 1. The first-order chi connectivity index (χ1) is 16.5. The first-order valence-corrected chi connectivity index (χ1v) is 11.5. The average Bonchev–Trinajstić information content (AvgIpc) is 3.12. The third-order valence-electron chi connectivity index (χ3n) is 5.56. The Morgan fingerprint density at radius 3 is 2.11 bits per heavy atom. The summed E-state index contributed by atoms with van der Waals surface area (Å²) in [6.45, 7) is 5.01. The van der Waals surface area contributed by atoms with Crippen LogP contribution in [0.1, 0.15) is 44.2 Å².